The Hall–Kier alpha value is -1.87. The molecule has 0 unspecified atom stereocenters. The first-order chi connectivity index (χ1) is 9.04. The first-order valence-corrected chi connectivity index (χ1v) is 6.42. The van der Waals surface area contributed by atoms with Crippen LogP contribution < -0.4 is 15.2 Å². The quantitative estimate of drug-likeness (QED) is 0.837. The molecule has 0 spiro atoms. The fourth-order valence-electron chi connectivity index (χ4n) is 1.61. The summed E-state index contributed by atoms with van der Waals surface area (Å²) in [5.41, 5.74) is 6.25. The van der Waals surface area contributed by atoms with Gasteiger partial charge >= 0.3 is 0 Å². The molecule has 0 aliphatic rings. The summed E-state index contributed by atoms with van der Waals surface area (Å²) in [7, 11) is 0. The standard InChI is InChI=1S/C15H16ClNO2/c1-10(2)18-12-4-3-5-13(9-12)19-15-7-6-11(17)8-14(15)16/h3-10H,17H2,1-2H3. The molecule has 4 heteroatoms. The Balaban J connectivity index is 2.18. The average molecular weight is 278 g/mol. The lowest BCUT2D eigenvalue weighted by molar-refractivity contribution is 0.241. The summed E-state index contributed by atoms with van der Waals surface area (Å²) in [6.07, 6.45) is 0.121. The second-order valence-corrected chi connectivity index (χ2v) is 4.84. The lowest BCUT2D eigenvalue weighted by atomic mass is 10.3. The molecule has 0 fully saturated rings. The van der Waals surface area contributed by atoms with E-state index in [4.69, 9.17) is 26.8 Å². The van der Waals surface area contributed by atoms with E-state index in [-0.39, 0.29) is 6.10 Å². The van der Waals surface area contributed by atoms with Crippen LogP contribution in [-0.2, 0) is 0 Å². The number of anilines is 1. The van der Waals surface area contributed by atoms with Gasteiger partial charge in [-0.1, -0.05) is 17.7 Å². The molecule has 0 aromatic heterocycles. The molecule has 2 rings (SSSR count). The van der Waals surface area contributed by atoms with Crippen LogP contribution in [0.1, 0.15) is 13.8 Å². The average Bonchev–Trinajstić information content (AvgIpc) is 2.32. The van der Waals surface area contributed by atoms with Crippen molar-refractivity contribution in [2.24, 2.45) is 0 Å². The molecular weight excluding hydrogens is 262 g/mol. The van der Waals surface area contributed by atoms with E-state index in [0.29, 0.717) is 22.2 Å². The molecular formula is C15H16ClNO2. The maximum atomic E-state index is 6.07. The van der Waals surface area contributed by atoms with Crippen LogP contribution in [0.3, 0.4) is 0 Å². The van der Waals surface area contributed by atoms with Crippen LogP contribution in [0.25, 0.3) is 0 Å². The van der Waals surface area contributed by atoms with E-state index in [2.05, 4.69) is 0 Å². The Morgan fingerprint density at radius 2 is 1.79 bits per heavy atom. The van der Waals surface area contributed by atoms with Crippen LogP contribution in [0.2, 0.25) is 5.02 Å². The third-order valence-electron chi connectivity index (χ3n) is 2.36. The molecule has 100 valence electrons. The highest BCUT2D eigenvalue weighted by Crippen LogP contribution is 2.32. The highest BCUT2D eigenvalue weighted by atomic mass is 35.5. The van der Waals surface area contributed by atoms with E-state index >= 15 is 0 Å². The second-order valence-electron chi connectivity index (χ2n) is 4.43. The summed E-state index contributed by atoms with van der Waals surface area (Å²) in [4.78, 5) is 0. The van der Waals surface area contributed by atoms with Gasteiger partial charge in [-0.05, 0) is 44.2 Å². The number of rotatable bonds is 4. The summed E-state index contributed by atoms with van der Waals surface area (Å²) in [5.74, 6) is 2.00. The van der Waals surface area contributed by atoms with Gasteiger partial charge < -0.3 is 15.2 Å². The van der Waals surface area contributed by atoms with Crippen molar-refractivity contribution in [3.8, 4) is 17.2 Å². The van der Waals surface area contributed by atoms with Gasteiger partial charge in [0.05, 0.1) is 11.1 Å². The molecule has 0 aliphatic heterocycles. The summed E-state index contributed by atoms with van der Waals surface area (Å²) in [6, 6.07) is 12.6. The van der Waals surface area contributed by atoms with E-state index in [1.807, 2.05) is 38.1 Å². The maximum Gasteiger partial charge on any atom is 0.146 e. The van der Waals surface area contributed by atoms with Crippen molar-refractivity contribution >= 4 is 17.3 Å². The minimum atomic E-state index is 0.121. The van der Waals surface area contributed by atoms with E-state index in [9.17, 15) is 0 Å². The normalized spacial score (nSPS) is 10.5. The maximum absolute atomic E-state index is 6.07. The monoisotopic (exact) mass is 277 g/mol. The van der Waals surface area contributed by atoms with E-state index in [1.54, 1.807) is 18.2 Å². The van der Waals surface area contributed by atoms with Gasteiger partial charge in [0.15, 0.2) is 0 Å². The molecule has 19 heavy (non-hydrogen) atoms. The van der Waals surface area contributed by atoms with Crippen LogP contribution in [0, 0.1) is 0 Å². The molecule has 0 radical (unpaired) electrons. The van der Waals surface area contributed by atoms with E-state index in [1.165, 1.54) is 0 Å². The highest BCUT2D eigenvalue weighted by Gasteiger charge is 2.05. The van der Waals surface area contributed by atoms with Crippen LogP contribution in [0.15, 0.2) is 42.5 Å². The minimum Gasteiger partial charge on any atom is -0.491 e. The fraction of sp³-hybridized carbons (Fsp3) is 0.200. The highest BCUT2D eigenvalue weighted by molar-refractivity contribution is 6.32. The Labute approximate surface area is 117 Å². The predicted molar refractivity (Wildman–Crippen MR) is 78.1 cm³/mol. The van der Waals surface area contributed by atoms with Crippen molar-refractivity contribution in [1.82, 2.24) is 0 Å². The molecule has 0 atom stereocenters. The molecule has 0 amide bonds. The van der Waals surface area contributed by atoms with Crippen molar-refractivity contribution in [2.45, 2.75) is 20.0 Å². The van der Waals surface area contributed by atoms with Crippen molar-refractivity contribution in [2.75, 3.05) is 5.73 Å². The number of ether oxygens (including phenoxy) is 2. The van der Waals surface area contributed by atoms with Crippen molar-refractivity contribution in [1.29, 1.82) is 0 Å². The zero-order valence-electron chi connectivity index (χ0n) is 10.9. The molecule has 2 aromatic carbocycles. The van der Waals surface area contributed by atoms with Crippen molar-refractivity contribution < 1.29 is 9.47 Å². The van der Waals surface area contributed by atoms with Crippen LogP contribution in [-0.4, -0.2) is 6.10 Å². The number of benzene rings is 2. The Bertz CT molecular complexity index is 570. The number of nitrogen functional groups attached to an aromatic ring is 1. The topological polar surface area (TPSA) is 44.5 Å². The fourth-order valence-corrected chi connectivity index (χ4v) is 1.84. The largest absolute Gasteiger partial charge is 0.491 e. The van der Waals surface area contributed by atoms with E-state index in [0.717, 1.165) is 5.75 Å². The molecule has 0 bridgehead atoms. The zero-order valence-corrected chi connectivity index (χ0v) is 11.6. The summed E-state index contributed by atoms with van der Waals surface area (Å²) in [6.45, 7) is 3.95. The first kappa shape index (κ1) is 13.6. The molecule has 2 N–H and O–H groups in total. The minimum absolute atomic E-state index is 0.121. The molecule has 2 aromatic rings. The van der Waals surface area contributed by atoms with Crippen molar-refractivity contribution in [3.63, 3.8) is 0 Å². The molecule has 0 saturated carbocycles. The smallest absolute Gasteiger partial charge is 0.146 e. The number of hydrogen-bond acceptors (Lipinski definition) is 3. The number of hydrogen-bond donors (Lipinski definition) is 1. The summed E-state index contributed by atoms with van der Waals surface area (Å²) < 4.78 is 11.3. The molecule has 0 heterocycles. The van der Waals surface area contributed by atoms with Gasteiger partial charge in [-0.2, -0.15) is 0 Å². The first-order valence-electron chi connectivity index (χ1n) is 6.04. The Morgan fingerprint density at radius 1 is 1.05 bits per heavy atom. The van der Waals surface area contributed by atoms with Crippen LogP contribution in [0.5, 0.6) is 17.2 Å². The SMILES string of the molecule is CC(C)Oc1cccc(Oc2ccc(N)cc2Cl)c1. The van der Waals surface area contributed by atoms with Gasteiger partial charge in [0.25, 0.3) is 0 Å². The summed E-state index contributed by atoms with van der Waals surface area (Å²) >= 11 is 6.07. The number of nitrogens with two attached hydrogens (primary N) is 1. The van der Waals surface area contributed by atoms with Crippen LogP contribution >= 0.6 is 11.6 Å². The van der Waals surface area contributed by atoms with E-state index < -0.39 is 0 Å². The Kier molecular flexibility index (Phi) is 4.17. The molecule has 3 nitrogen and oxygen atoms in total. The Morgan fingerprint density at radius 3 is 2.47 bits per heavy atom. The van der Waals surface area contributed by atoms with Gasteiger partial charge in [0.2, 0.25) is 0 Å². The number of halogens is 1. The predicted octanol–water partition coefficient (Wildman–Crippen LogP) is 4.50. The lowest BCUT2D eigenvalue weighted by Crippen LogP contribution is -2.05. The second kappa shape index (κ2) is 5.85. The van der Waals surface area contributed by atoms with Crippen molar-refractivity contribution in [3.05, 3.63) is 47.5 Å². The summed E-state index contributed by atoms with van der Waals surface area (Å²) in [5, 5.41) is 0.482. The molecule has 0 aliphatic carbocycles. The van der Waals surface area contributed by atoms with Gasteiger partial charge in [-0.25, -0.2) is 0 Å². The van der Waals surface area contributed by atoms with Gasteiger partial charge in [0, 0.05) is 11.8 Å². The van der Waals surface area contributed by atoms with Gasteiger partial charge in [-0.15, -0.1) is 0 Å². The third kappa shape index (κ3) is 3.80. The molecule has 0 saturated heterocycles. The van der Waals surface area contributed by atoms with Gasteiger partial charge in [-0.3, -0.25) is 0 Å². The lowest BCUT2D eigenvalue weighted by Gasteiger charge is -2.12. The van der Waals surface area contributed by atoms with Crippen LogP contribution in [0.4, 0.5) is 5.69 Å². The zero-order chi connectivity index (χ0) is 13.8. The van der Waals surface area contributed by atoms with Gasteiger partial charge in [0.1, 0.15) is 17.2 Å². The third-order valence-corrected chi connectivity index (χ3v) is 2.66.